The summed E-state index contributed by atoms with van der Waals surface area (Å²) in [4.78, 5) is 0. The first-order valence-electron chi connectivity index (χ1n) is 5.10. The predicted molar refractivity (Wildman–Crippen MR) is 62.8 cm³/mol. The van der Waals surface area contributed by atoms with Crippen molar-refractivity contribution in [3.63, 3.8) is 0 Å². The van der Waals surface area contributed by atoms with Crippen LogP contribution >= 0.6 is 11.6 Å². The van der Waals surface area contributed by atoms with E-state index in [2.05, 4.69) is 13.8 Å². The van der Waals surface area contributed by atoms with Crippen LogP contribution in [-0.2, 0) is 0 Å². The largest absolute Gasteiger partial charge is 0.491 e. The van der Waals surface area contributed by atoms with Gasteiger partial charge in [0.05, 0.1) is 5.88 Å². The minimum atomic E-state index is -0.601. The van der Waals surface area contributed by atoms with Crippen LogP contribution in [0.25, 0.3) is 0 Å². The Kier molecular flexibility index (Phi) is 4.92. The molecule has 0 saturated heterocycles. The van der Waals surface area contributed by atoms with Crippen LogP contribution in [0, 0.1) is 0 Å². The predicted octanol–water partition coefficient (Wildman–Crippen LogP) is 2.79. The molecule has 1 aromatic rings. The lowest BCUT2D eigenvalue weighted by Crippen LogP contribution is -2.18. The van der Waals surface area contributed by atoms with E-state index in [9.17, 15) is 5.11 Å². The van der Waals surface area contributed by atoms with E-state index in [0.29, 0.717) is 5.92 Å². The Hall–Kier alpha value is -0.730. The molecular weight excluding hydrogens is 212 g/mol. The van der Waals surface area contributed by atoms with Crippen molar-refractivity contribution < 1.29 is 9.84 Å². The highest BCUT2D eigenvalue weighted by Crippen LogP contribution is 2.18. The van der Waals surface area contributed by atoms with Crippen LogP contribution in [0.5, 0.6) is 5.75 Å². The molecule has 1 atom stereocenters. The standard InChI is InChI=1S/C12H17ClO2/c1-9(2)10-3-5-12(6-4-10)15-8-11(14)7-13/h3-6,9,11,14H,7-8H2,1-2H3. The summed E-state index contributed by atoms with van der Waals surface area (Å²) in [6.45, 7) is 4.53. The molecular formula is C12H17ClO2. The second kappa shape index (κ2) is 5.99. The molecule has 0 heterocycles. The highest BCUT2D eigenvalue weighted by molar-refractivity contribution is 6.18. The Morgan fingerprint density at radius 3 is 2.33 bits per heavy atom. The van der Waals surface area contributed by atoms with E-state index in [-0.39, 0.29) is 12.5 Å². The molecule has 1 unspecified atom stereocenters. The zero-order valence-corrected chi connectivity index (χ0v) is 9.87. The minimum Gasteiger partial charge on any atom is -0.491 e. The summed E-state index contributed by atoms with van der Waals surface area (Å²) in [5.74, 6) is 1.49. The van der Waals surface area contributed by atoms with Crippen molar-refractivity contribution in [1.29, 1.82) is 0 Å². The Labute approximate surface area is 95.8 Å². The summed E-state index contributed by atoms with van der Waals surface area (Å²) in [6.07, 6.45) is -0.601. The molecule has 0 saturated carbocycles. The molecule has 0 bridgehead atoms. The van der Waals surface area contributed by atoms with Crippen LogP contribution in [0.3, 0.4) is 0 Å². The van der Waals surface area contributed by atoms with Gasteiger partial charge < -0.3 is 9.84 Å². The molecule has 84 valence electrons. The third-order valence-corrected chi connectivity index (χ3v) is 2.52. The Morgan fingerprint density at radius 1 is 1.27 bits per heavy atom. The van der Waals surface area contributed by atoms with Gasteiger partial charge in [-0.2, -0.15) is 0 Å². The maximum Gasteiger partial charge on any atom is 0.119 e. The zero-order valence-electron chi connectivity index (χ0n) is 9.11. The molecule has 0 spiro atoms. The third kappa shape index (κ3) is 4.10. The number of aliphatic hydroxyl groups excluding tert-OH is 1. The maximum atomic E-state index is 9.21. The highest BCUT2D eigenvalue weighted by atomic mass is 35.5. The second-order valence-corrected chi connectivity index (χ2v) is 4.15. The average molecular weight is 229 g/mol. The third-order valence-electron chi connectivity index (χ3n) is 2.17. The smallest absolute Gasteiger partial charge is 0.119 e. The molecule has 0 aromatic heterocycles. The maximum absolute atomic E-state index is 9.21. The molecule has 15 heavy (non-hydrogen) atoms. The van der Waals surface area contributed by atoms with Crippen LogP contribution in [0.15, 0.2) is 24.3 Å². The van der Waals surface area contributed by atoms with Crippen LogP contribution in [0.2, 0.25) is 0 Å². The van der Waals surface area contributed by atoms with Crippen molar-refractivity contribution in [2.24, 2.45) is 0 Å². The van der Waals surface area contributed by atoms with E-state index in [1.165, 1.54) is 5.56 Å². The van der Waals surface area contributed by atoms with Crippen LogP contribution < -0.4 is 4.74 Å². The molecule has 0 fully saturated rings. The van der Waals surface area contributed by atoms with Crippen molar-refractivity contribution in [2.45, 2.75) is 25.9 Å². The van der Waals surface area contributed by atoms with Crippen LogP contribution in [0.1, 0.15) is 25.3 Å². The van der Waals surface area contributed by atoms with Gasteiger partial charge in [-0.25, -0.2) is 0 Å². The first-order chi connectivity index (χ1) is 7.13. The van der Waals surface area contributed by atoms with Crippen molar-refractivity contribution in [2.75, 3.05) is 12.5 Å². The second-order valence-electron chi connectivity index (χ2n) is 3.84. The number of hydrogen-bond acceptors (Lipinski definition) is 2. The van der Waals surface area contributed by atoms with E-state index >= 15 is 0 Å². The summed E-state index contributed by atoms with van der Waals surface area (Å²) < 4.78 is 5.36. The number of benzene rings is 1. The molecule has 1 rings (SSSR count). The van der Waals surface area contributed by atoms with E-state index in [4.69, 9.17) is 16.3 Å². The first kappa shape index (κ1) is 12.3. The van der Waals surface area contributed by atoms with Gasteiger partial charge in [0.25, 0.3) is 0 Å². The van der Waals surface area contributed by atoms with Crippen molar-refractivity contribution in [3.05, 3.63) is 29.8 Å². The Bertz CT molecular complexity index is 282. The van der Waals surface area contributed by atoms with Crippen molar-refractivity contribution in [1.82, 2.24) is 0 Å². The highest BCUT2D eigenvalue weighted by Gasteiger charge is 2.03. The van der Waals surface area contributed by atoms with Crippen molar-refractivity contribution in [3.8, 4) is 5.75 Å². The van der Waals surface area contributed by atoms with Gasteiger partial charge in [0.15, 0.2) is 0 Å². The SMILES string of the molecule is CC(C)c1ccc(OCC(O)CCl)cc1. The van der Waals surface area contributed by atoms with Gasteiger partial charge in [0.2, 0.25) is 0 Å². The Morgan fingerprint density at radius 2 is 1.87 bits per heavy atom. The van der Waals surface area contributed by atoms with Crippen LogP contribution in [0.4, 0.5) is 0 Å². The fourth-order valence-corrected chi connectivity index (χ4v) is 1.28. The van der Waals surface area contributed by atoms with Gasteiger partial charge in [-0.05, 0) is 23.6 Å². The van der Waals surface area contributed by atoms with Gasteiger partial charge in [-0.15, -0.1) is 11.6 Å². The van der Waals surface area contributed by atoms with Gasteiger partial charge in [-0.3, -0.25) is 0 Å². The minimum absolute atomic E-state index is 0.198. The van der Waals surface area contributed by atoms with Gasteiger partial charge in [0.1, 0.15) is 18.5 Å². The summed E-state index contributed by atoms with van der Waals surface area (Å²) in [5.41, 5.74) is 1.28. The number of aliphatic hydroxyl groups is 1. The number of ether oxygens (including phenoxy) is 1. The summed E-state index contributed by atoms with van der Waals surface area (Å²) in [7, 11) is 0. The molecule has 1 aromatic carbocycles. The molecule has 0 aliphatic carbocycles. The quantitative estimate of drug-likeness (QED) is 0.786. The molecule has 1 N–H and O–H groups in total. The molecule has 0 aliphatic rings. The molecule has 0 aliphatic heterocycles. The number of halogens is 1. The summed E-state index contributed by atoms with van der Waals surface area (Å²) >= 11 is 5.46. The van der Waals surface area contributed by atoms with Gasteiger partial charge in [0, 0.05) is 0 Å². The normalized spacial score (nSPS) is 12.9. The van der Waals surface area contributed by atoms with E-state index in [1.807, 2.05) is 24.3 Å². The topological polar surface area (TPSA) is 29.5 Å². The average Bonchev–Trinajstić information content (AvgIpc) is 2.26. The number of alkyl halides is 1. The Balaban J connectivity index is 2.50. The number of rotatable bonds is 5. The van der Waals surface area contributed by atoms with Gasteiger partial charge >= 0.3 is 0 Å². The van der Waals surface area contributed by atoms with E-state index in [1.54, 1.807) is 0 Å². The summed E-state index contributed by atoms with van der Waals surface area (Å²) in [5, 5.41) is 9.21. The van der Waals surface area contributed by atoms with Gasteiger partial charge in [-0.1, -0.05) is 26.0 Å². The monoisotopic (exact) mass is 228 g/mol. The fourth-order valence-electron chi connectivity index (χ4n) is 1.19. The lowest BCUT2D eigenvalue weighted by Gasteiger charge is -2.11. The molecule has 2 nitrogen and oxygen atoms in total. The first-order valence-corrected chi connectivity index (χ1v) is 5.63. The summed E-state index contributed by atoms with van der Waals surface area (Å²) in [6, 6.07) is 7.90. The lowest BCUT2D eigenvalue weighted by molar-refractivity contribution is 0.125. The van der Waals surface area contributed by atoms with E-state index < -0.39 is 6.10 Å². The van der Waals surface area contributed by atoms with Crippen LogP contribution in [-0.4, -0.2) is 23.7 Å². The lowest BCUT2D eigenvalue weighted by atomic mass is 10.0. The number of hydrogen-bond donors (Lipinski definition) is 1. The van der Waals surface area contributed by atoms with Crippen molar-refractivity contribution >= 4 is 11.6 Å². The molecule has 3 heteroatoms. The zero-order chi connectivity index (χ0) is 11.3. The van der Waals surface area contributed by atoms with E-state index in [0.717, 1.165) is 5.75 Å². The molecule has 0 amide bonds. The fraction of sp³-hybridized carbons (Fsp3) is 0.500. The molecule has 0 radical (unpaired) electrons.